The second kappa shape index (κ2) is 10.1. The molecule has 0 heterocycles. The number of anilines is 1. The molecule has 0 atom stereocenters. The lowest BCUT2D eigenvalue weighted by Crippen LogP contribution is -2.28. The summed E-state index contributed by atoms with van der Waals surface area (Å²) < 4.78 is 33.3. The molecule has 0 aliphatic rings. The highest BCUT2D eigenvalue weighted by atomic mass is 32.2. The van der Waals surface area contributed by atoms with Crippen LogP contribution in [0.25, 0.3) is 0 Å². The lowest BCUT2D eigenvalue weighted by atomic mass is 10.0. The van der Waals surface area contributed by atoms with Gasteiger partial charge in [0, 0.05) is 11.3 Å². The van der Waals surface area contributed by atoms with Crippen LogP contribution < -0.4 is 14.8 Å². The van der Waals surface area contributed by atoms with Gasteiger partial charge in [-0.1, -0.05) is 56.3 Å². The van der Waals surface area contributed by atoms with E-state index in [1.165, 1.54) is 18.2 Å². The molecule has 7 heteroatoms. The number of sulfonamides is 1. The Morgan fingerprint density at radius 1 is 0.935 bits per heavy atom. The monoisotopic (exact) mass is 438 g/mol. The number of rotatable bonds is 9. The molecule has 0 saturated carbocycles. The zero-order valence-electron chi connectivity index (χ0n) is 17.5. The van der Waals surface area contributed by atoms with Crippen molar-refractivity contribution in [3.63, 3.8) is 0 Å². The highest BCUT2D eigenvalue weighted by molar-refractivity contribution is 7.92. The van der Waals surface area contributed by atoms with E-state index in [2.05, 4.69) is 23.9 Å². The Hall–Kier alpha value is -3.32. The number of para-hydroxylation sites is 1. The first kappa shape index (κ1) is 22.4. The number of amides is 1. The van der Waals surface area contributed by atoms with Crippen molar-refractivity contribution in [2.45, 2.75) is 24.7 Å². The van der Waals surface area contributed by atoms with E-state index in [1.807, 2.05) is 24.3 Å². The molecule has 0 aliphatic heterocycles. The van der Waals surface area contributed by atoms with Crippen molar-refractivity contribution in [1.82, 2.24) is 5.32 Å². The molecule has 0 saturated heterocycles. The Bertz CT molecular complexity index is 1130. The van der Waals surface area contributed by atoms with Crippen molar-refractivity contribution < 1.29 is 17.9 Å². The molecule has 1 amide bonds. The summed E-state index contributed by atoms with van der Waals surface area (Å²) in [6, 6.07) is 22.3. The summed E-state index contributed by atoms with van der Waals surface area (Å²) in [5.74, 6) is 0.846. The molecule has 0 radical (unpaired) electrons. The maximum absolute atomic E-state index is 12.5. The summed E-state index contributed by atoms with van der Waals surface area (Å²) in [5, 5.41) is 2.80. The molecule has 31 heavy (non-hydrogen) atoms. The van der Waals surface area contributed by atoms with Gasteiger partial charge in [-0.3, -0.25) is 9.52 Å². The van der Waals surface area contributed by atoms with E-state index in [0.717, 1.165) is 11.3 Å². The van der Waals surface area contributed by atoms with E-state index in [4.69, 9.17) is 4.74 Å². The maximum Gasteiger partial charge on any atom is 0.261 e. The fourth-order valence-corrected chi connectivity index (χ4v) is 4.12. The number of carbonyl (C=O) groups excluding carboxylic acids is 1. The van der Waals surface area contributed by atoms with E-state index >= 15 is 0 Å². The average molecular weight is 439 g/mol. The van der Waals surface area contributed by atoms with Crippen LogP contribution in [-0.2, 0) is 10.0 Å². The van der Waals surface area contributed by atoms with Crippen LogP contribution in [0.15, 0.2) is 83.8 Å². The van der Waals surface area contributed by atoms with Gasteiger partial charge < -0.3 is 10.1 Å². The lowest BCUT2D eigenvalue weighted by molar-refractivity contribution is 0.0947. The van der Waals surface area contributed by atoms with Crippen LogP contribution in [-0.4, -0.2) is 27.5 Å². The third kappa shape index (κ3) is 6.08. The smallest absolute Gasteiger partial charge is 0.261 e. The van der Waals surface area contributed by atoms with Gasteiger partial charge in [0.1, 0.15) is 12.4 Å². The molecule has 3 rings (SSSR count). The first-order valence-electron chi connectivity index (χ1n) is 10.0. The van der Waals surface area contributed by atoms with Crippen molar-refractivity contribution >= 4 is 21.6 Å². The fourth-order valence-electron chi connectivity index (χ4n) is 3.05. The summed E-state index contributed by atoms with van der Waals surface area (Å²) in [6.07, 6.45) is 0. The van der Waals surface area contributed by atoms with Crippen LogP contribution in [0.5, 0.6) is 5.75 Å². The van der Waals surface area contributed by atoms with Gasteiger partial charge in [-0.25, -0.2) is 8.42 Å². The molecule has 3 aromatic carbocycles. The second-order valence-electron chi connectivity index (χ2n) is 7.30. The molecule has 3 aromatic rings. The number of hydrogen-bond donors (Lipinski definition) is 2. The van der Waals surface area contributed by atoms with Gasteiger partial charge in [0.05, 0.1) is 11.4 Å². The molecular weight excluding hydrogens is 412 g/mol. The van der Waals surface area contributed by atoms with E-state index in [1.54, 1.807) is 36.4 Å². The van der Waals surface area contributed by atoms with Gasteiger partial charge in [-0.05, 0) is 47.9 Å². The van der Waals surface area contributed by atoms with Crippen LogP contribution in [0.3, 0.4) is 0 Å². The quantitative estimate of drug-likeness (QED) is 0.485. The summed E-state index contributed by atoms with van der Waals surface area (Å²) in [6.45, 7) is 4.85. The zero-order chi connectivity index (χ0) is 22.3. The topological polar surface area (TPSA) is 84.5 Å². The Morgan fingerprint density at radius 3 is 2.39 bits per heavy atom. The lowest BCUT2D eigenvalue weighted by Gasteiger charge is -2.14. The van der Waals surface area contributed by atoms with Crippen molar-refractivity contribution in [2.24, 2.45) is 0 Å². The zero-order valence-corrected chi connectivity index (χ0v) is 18.4. The highest BCUT2D eigenvalue weighted by Crippen LogP contribution is 2.25. The average Bonchev–Trinajstić information content (AvgIpc) is 2.77. The van der Waals surface area contributed by atoms with E-state index in [-0.39, 0.29) is 10.8 Å². The summed E-state index contributed by atoms with van der Waals surface area (Å²) in [7, 11) is -3.72. The third-order valence-corrected chi connectivity index (χ3v) is 6.01. The van der Waals surface area contributed by atoms with Crippen LogP contribution in [0.4, 0.5) is 5.69 Å². The minimum atomic E-state index is -3.72. The van der Waals surface area contributed by atoms with Crippen molar-refractivity contribution in [1.29, 1.82) is 0 Å². The van der Waals surface area contributed by atoms with Gasteiger partial charge in [0.25, 0.3) is 15.9 Å². The van der Waals surface area contributed by atoms with Crippen LogP contribution in [0.1, 0.15) is 35.7 Å². The first-order chi connectivity index (χ1) is 14.9. The van der Waals surface area contributed by atoms with Crippen LogP contribution in [0, 0.1) is 0 Å². The Morgan fingerprint density at radius 2 is 1.65 bits per heavy atom. The SMILES string of the molecule is CC(C)c1ccccc1OCCNC(=O)c1cccc(NS(=O)(=O)c2ccccc2)c1. The van der Waals surface area contributed by atoms with Crippen molar-refractivity contribution in [2.75, 3.05) is 17.9 Å². The second-order valence-corrected chi connectivity index (χ2v) is 8.98. The van der Waals surface area contributed by atoms with Crippen LogP contribution >= 0.6 is 0 Å². The standard InChI is InChI=1S/C24H26N2O4S/c1-18(2)22-13-6-7-14-23(22)30-16-15-25-24(27)19-9-8-10-20(17-19)26-31(28,29)21-11-4-3-5-12-21/h3-14,17-18,26H,15-16H2,1-2H3,(H,25,27). The molecule has 0 fully saturated rings. The normalized spacial score (nSPS) is 11.2. The van der Waals surface area contributed by atoms with Gasteiger partial charge in [-0.15, -0.1) is 0 Å². The summed E-state index contributed by atoms with van der Waals surface area (Å²) in [4.78, 5) is 12.6. The number of benzene rings is 3. The maximum atomic E-state index is 12.5. The molecular formula is C24H26N2O4S. The van der Waals surface area contributed by atoms with Crippen LogP contribution in [0.2, 0.25) is 0 Å². The van der Waals surface area contributed by atoms with Gasteiger partial charge in [-0.2, -0.15) is 0 Å². The molecule has 0 aromatic heterocycles. The number of nitrogens with one attached hydrogen (secondary N) is 2. The predicted molar refractivity (Wildman–Crippen MR) is 122 cm³/mol. The molecule has 2 N–H and O–H groups in total. The van der Waals surface area contributed by atoms with E-state index in [9.17, 15) is 13.2 Å². The van der Waals surface area contributed by atoms with Crippen molar-refractivity contribution in [3.8, 4) is 5.75 Å². The van der Waals surface area contributed by atoms with E-state index < -0.39 is 10.0 Å². The molecule has 6 nitrogen and oxygen atoms in total. The minimum absolute atomic E-state index is 0.156. The van der Waals surface area contributed by atoms with Crippen molar-refractivity contribution in [3.05, 3.63) is 90.0 Å². The predicted octanol–water partition coefficient (Wildman–Crippen LogP) is 4.42. The molecule has 0 bridgehead atoms. The Balaban J connectivity index is 1.57. The highest BCUT2D eigenvalue weighted by Gasteiger charge is 2.14. The minimum Gasteiger partial charge on any atom is -0.491 e. The Labute approximate surface area is 183 Å². The Kier molecular flexibility index (Phi) is 7.31. The fraction of sp³-hybridized carbons (Fsp3) is 0.208. The largest absolute Gasteiger partial charge is 0.491 e. The number of hydrogen-bond acceptors (Lipinski definition) is 4. The number of carbonyl (C=O) groups is 1. The molecule has 0 unspecified atom stereocenters. The molecule has 0 aliphatic carbocycles. The summed E-state index contributed by atoms with van der Waals surface area (Å²) >= 11 is 0. The number of ether oxygens (including phenoxy) is 1. The van der Waals surface area contributed by atoms with Gasteiger partial charge in [0.15, 0.2) is 0 Å². The molecule has 0 spiro atoms. The summed E-state index contributed by atoms with van der Waals surface area (Å²) in [5.41, 5.74) is 1.79. The van der Waals surface area contributed by atoms with Gasteiger partial charge in [0.2, 0.25) is 0 Å². The van der Waals surface area contributed by atoms with Gasteiger partial charge >= 0.3 is 0 Å². The molecule has 162 valence electrons. The third-order valence-electron chi connectivity index (χ3n) is 4.62. The first-order valence-corrected chi connectivity index (χ1v) is 11.5. The van der Waals surface area contributed by atoms with E-state index in [0.29, 0.717) is 30.3 Å².